The maximum Gasteiger partial charge on any atom is 0.248 e. The van der Waals surface area contributed by atoms with E-state index in [1.165, 1.54) is 11.8 Å². The first kappa shape index (κ1) is 26.3. The molecular weight excluding hydrogens is 464 g/mol. The van der Waals surface area contributed by atoms with Crippen molar-refractivity contribution in [2.45, 2.75) is 16.4 Å². The molecule has 10 radical (unpaired) electrons. The van der Waals surface area contributed by atoms with Crippen molar-refractivity contribution in [2.75, 3.05) is 38.1 Å². The molecule has 0 atom stereocenters. The van der Waals surface area contributed by atoms with E-state index >= 15 is 0 Å². The summed E-state index contributed by atoms with van der Waals surface area (Å²) in [6, 6.07) is 6.90. The van der Waals surface area contributed by atoms with Crippen LogP contribution in [-0.4, -0.2) is 93.2 Å². The monoisotopic (exact) mass is 485 g/mol. The molecule has 4 rings (SSSR count). The van der Waals surface area contributed by atoms with Crippen molar-refractivity contribution in [1.82, 2.24) is 14.9 Å². The molecule has 0 aliphatic carbocycles. The van der Waals surface area contributed by atoms with E-state index in [1.807, 2.05) is 0 Å². The molecule has 1 amide bonds. The molecule has 170 valence electrons. The predicted octanol–water partition coefficient (Wildman–Crippen LogP) is -2.97. The van der Waals surface area contributed by atoms with Crippen LogP contribution in [0.5, 0.6) is 5.88 Å². The van der Waals surface area contributed by atoms with Gasteiger partial charge in [0.1, 0.15) is 45.8 Å². The molecule has 1 aromatic heterocycles. The number of ether oxygens (including phenoxy) is 1. The Kier molecular flexibility index (Phi) is 8.10. The highest BCUT2D eigenvalue weighted by molar-refractivity contribution is 7.99. The number of hydrogen-bond acceptors (Lipinski definition) is 7. The summed E-state index contributed by atoms with van der Waals surface area (Å²) in [6.07, 6.45) is 1.71. The number of nitrogens with two attached hydrogens (primary N) is 1. The molecule has 0 unspecified atom stereocenters. The first-order chi connectivity index (χ1) is 17.2. The SMILES string of the molecule is [B]c1c([B])c([B])c(COc2nc(N3CCN(C)CC3)ncc2Sc2ccc(C(N)=O)cc2)c([B])c1[B]. The van der Waals surface area contributed by atoms with Gasteiger partial charge in [0.25, 0.3) is 0 Å². The molecule has 2 N–H and O–H groups in total. The van der Waals surface area contributed by atoms with Crippen LogP contribution in [0, 0.1) is 0 Å². The number of primary amides is 1. The number of amides is 1. The smallest absolute Gasteiger partial charge is 0.248 e. The number of nitrogens with zero attached hydrogens (tertiary/aromatic N) is 4. The highest BCUT2D eigenvalue weighted by Crippen LogP contribution is 2.34. The van der Waals surface area contributed by atoms with Gasteiger partial charge in [0.05, 0.1) is 11.1 Å². The van der Waals surface area contributed by atoms with Crippen molar-refractivity contribution in [3.8, 4) is 5.88 Å². The topological polar surface area (TPSA) is 84.6 Å². The summed E-state index contributed by atoms with van der Waals surface area (Å²) in [6.45, 7) is 3.36. The minimum atomic E-state index is -0.493. The first-order valence-electron chi connectivity index (χ1n) is 11.2. The lowest BCUT2D eigenvalue weighted by atomic mass is 9.60. The van der Waals surface area contributed by atoms with Crippen LogP contribution in [0.3, 0.4) is 0 Å². The fourth-order valence-electron chi connectivity index (χ4n) is 3.69. The molecule has 1 fully saturated rings. The number of aromatic nitrogens is 2. The summed E-state index contributed by atoms with van der Waals surface area (Å²) >= 11 is 1.38. The standard InChI is InChI=1S/C23H20B5N5O2S/c1-32-6-8-33(9-7-32)23-30-10-15(36-13-4-2-12(3-5-13)21(29)34)22(31-23)35-11-14-16(24)18(26)20(28)19(27)17(14)25/h2-5,10H,6-9,11H2,1H3,(H2,29,34). The van der Waals surface area contributed by atoms with Crippen LogP contribution in [0.1, 0.15) is 15.9 Å². The average Bonchev–Trinajstić information content (AvgIpc) is 2.88. The summed E-state index contributed by atoms with van der Waals surface area (Å²) in [4.78, 5) is 26.5. The Bertz CT molecular complexity index is 1260. The van der Waals surface area contributed by atoms with Crippen molar-refractivity contribution in [2.24, 2.45) is 5.73 Å². The Balaban J connectivity index is 1.65. The van der Waals surface area contributed by atoms with E-state index in [1.54, 1.807) is 30.5 Å². The minimum absolute atomic E-state index is 0.0281. The van der Waals surface area contributed by atoms with Gasteiger partial charge in [0.15, 0.2) is 0 Å². The zero-order valence-corrected chi connectivity index (χ0v) is 20.7. The molecule has 0 saturated carbocycles. The van der Waals surface area contributed by atoms with Gasteiger partial charge in [-0.25, -0.2) is 4.98 Å². The van der Waals surface area contributed by atoms with E-state index < -0.39 is 5.91 Å². The minimum Gasteiger partial charge on any atom is -0.472 e. The van der Waals surface area contributed by atoms with Gasteiger partial charge in [-0.05, 0) is 36.9 Å². The fraction of sp³-hybridized carbons (Fsp3) is 0.261. The average molecular weight is 485 g/mol. The molecule has 1 aliphatic heterocycles. The molecular formula is C23H20B5N5O2S. The molecule has 0 bridgehead atoms. The van der Waals surface area contributed by atoms with Crippen LogP contribution >= 0.6 is 11.8 Å². The maximum absolute atomic E-state index is 11.4. The Labute approximate surface area is 222 Å². The van der Waals surface area contributed by atoms with E-state index in [0.717, 1.165) is 31.1 Å². The summed E-state index contributed by atoms with van der Waals surface area (Å²) in [7, 11) is 32.3. The fourth-order valence-corrected chi connectivity index (χ4v) is 4.52. The number of piperazine rings is 1. The number of carbonyl (C=O) groups is 1. The molecule has 2 aromatic carbocycles. The second kappa shape index (κ2) is 11.1. The second-order valence-electron chi connectivity index (χ2n) is 8.46. The first-order valence-corrected chi connectivity index (χ1v) is 12.0. The normalized spacial score (nSPS) is 14.1. The van der Waals surface area contributed by atoms with Crippen molar-refractivity contribution in [3.05, 3.63) is 41.6 Å². The van der Waals surface area contributed by atoms with Gasteiger partial charge in [-0.1, -0.05) is 22.7 Å². The van der Waals surface area contributed by atoms with Crippen molar-refractivity contribution >= 4 is 90.2 Å². The van der Waals surface area contributed by atoms with Crippen LogP contribution in [0.25, 0.3) is 0 Å². The van der Waals surface area contributed by atoms with E-state index in [9.17, 15) is 4.79 Å². The van der Waals surface area contributed by atoms with Crippen molar-refractivity contribution < 1.29 is 9.53 Å². The number of rotatable bonds is 7. The Morgan fingerprint density at radius 2 is 1.56 bits per heavy atom. The largest absolute Gasteiger partial charge is 0.472 e. The van der Waals surface area contributed by atoms with Crippen LogP contribution in [0.2, 0.25) is 0 Å². The van der Waals surface area contributed by atoms with E-state index in [0.29, 0.717) is 27.9 Å². The molecule has 1 saturated heterocycles. The number of hydrogen-bond donors (Lipinski definition) is 1. The Hall–Kier alpha value is -2.78. The van der Waals surface area contributed by atoms with E-state index in [-0.39, 0.29) is 33.9 Å². The summed E-state index contributed by atoms with van der Waals surface area (Å²) < 4.78 is 6.13. The zero-order chi connectivity index (χ0) is 26.0. The predicted molar refractivity (Wildman–Crippen MR) is 149 cm³/mol. The summed E-state index contributed by atoms with van der Waals surface area (Å²) in [5, 5.41) is 0. The summed E-state index contributed by atoms with van der Waals surface area (Å²) in [5.74, 6) is 0.409. The van der Waals surface area contributed by atoms with Gasteiger partial charge in [0.2, 0.25) is 17.7 Å². The lowest BCUT2D eigenvalue weighted by Gasteiger charge is -2.32. The lowest BCUT2D eigenvalue weighted by Crippen LogP contribution is -2.56. The Morgan fingerprint density at radius 1 is 0.972 bits per heavy atom. The van der Waals surface area contributed by atoms with Gasteiger partial charge in [-0.3, -0.25) is 4.79 Å². The van der Waals surface area contributed by atoms with Gasteiger partial charge < -0.3 is 20.3 Å². The quantitative estimate of drug-likeness (QED) is 0.359. The van der Waals surface area contributed by atoms with Crippen molar-refractivity contribution in [1.29, 1.82) is 0 Å². The van der Waals surface area contributed by atoms with E-state index in [2.05, 4.69) is 21.8 Å². The zero-order valence-electron chi connectivity index (χ0n) is 19.9. The second-order valence-corrected chi connectivity index (χ2v) is 9.57. The third kappa shape index (κ3) is 5.62. The number of likely N-dealkylation sites (N-methyl/N-ethyl adjacent to an activating group) is 1. The summed E-state index contributed by atoms with van der Waals surface area (Å²) in [5.41, 5.74) is 7.08. The molecule has 2 heterocycles. The third-order valence-electron chi connectivity index (χ3n) is 6.03. The lowest BCUT2D eigenvalue weighted by molar-refractivity contribution is 0.1000. The molecule has 3 aromatic rings. The molecule has 1 aliphatic rings. The van der Waals surface area contributed by atoms with Crippen LogP contribution in [-0.2, 0) is 6.61 Å². The molecule has 36 heavy (non-hydrogen) atoms. The van der Waals surface area contributed by atoms with Gasteiger partial charge in [-0.2, -0.15) is 4.98 Å². The van der Waals surface area contributed by atoms with Gasteiger partial charge in [-0.15, -0.1) is 16.4 Å². The van der Waals surface area contributed by atoms with Gasteiger partial charge in [0, 0.05) is 36.6 Å². The van der Waals surface area contributed by atoms with Crippen LogP contribution < -0.4 is 42.7 Å². The number of carbonyl (C=O) groups excluding carboxylic acids is 1. The number of anilines is 1. The van der Waals surface area contributed by atoms with Crippen LogP contribution in [0.4, 0.5) is 5.95 Å². The molecule has 0 spiro atoms. The molecule has 13 heteroatoms. The maximum atomic E-state index is 11.4. The highest BCUT2D eigenvalue weighted by atomic mass is 32.2. The number of benzene rings is 2. The Morgan fingerprint density at radius 3 is 2.14 bits per heavy atom. The van der Waals surface area contributed by atoms with Crippen LogP contribution in [0.15, 0.2) is 40.3 Å². The van der Waals surface area contributed by atoms with Gasteiger partial charge >= 0.3 is 0 Å². The molecule has 7 nitrogen and oxygen atoms in total. The van der Waals surface area contributed by atoms with Crippen molar-refractivity contribution in [3.63, 3.8) is 0 Å². The third-order valence-corrected chi connectivity index (χ3v) is 7.03. The van der Waals surface area contributed by atoms with E-state index in [4.69, 9.17) is 54.7 Å². The highest BCUT2D eigenvalue weighted by Gasteiger charge is 2.20.